The van der Waals surface area contributed by atoms with Gasteiger partial charge in [-0.2, -0.15) is 0 Å². The highest BCUT2D eigenvalue weighted by molar-refractivity contribution is 6.33. The second-order valence-corrected chi connectivity index (χ2v) is 14.0. The second kappa shape index (κ2) is 11.1. The molecule has 0 atom stereocenters. The van der Waals surface area contributed by atoms with Crippen LogP contribution >= 0.6 is 0 Å². The summed E-state index contributed by atoms with van der Waals surface area (Å²) in [5.41, 5.74) is 9.74. The highest BCUT2D eigenvalue weighted by Crippen LogP contribution is 2.47. The minimum absolute atomic E-state index is 0.626. The van der Waals surface area contributed by atoms with Crippen molar-refractivity contribution < 1.29 is 0 Å². The maximum absolute atomic E-state index is 5.27. The first-order valence-electron chi connectivity index (χ1n) is 18.3. The number of hydrogen-bond acceptors (Lipinski definition) is 3. The lowest BCUT2D eigenvalue weighted by molar-refractivity contribution is 1.07. The van der Waals surface area contributed by atoms with Crippen LogP contribution < -0.4 is 0 Å². The van der Waals surface area contributed by atoms with Crippen molar-refractivity contribution in [2.24, 2.45) is 0 Å². The van der Waals surface area contributed by atoms with Crippen molar-refractivity contribution in [2.45, 2.75) is 0 Å². The number of hydrogen-bond donors (Lipinski definition) is 0. The predicted molar refractivity (Wildman–Crippen MR) is 223 cm³/mol. The molecule has 4 heterocycles. The van der Waals surface area contributed by atoms with Gasteiger partial charge in [0.1, 0.15) is 0 Å². The summed E-state index contributed by atoms with van der Waals surface area (Å²) in [6, 6.07) is 62.4. The monoisotopic (exact) mass is 687 g/mol. The largest absolute Gasteiger partial charge is 0.306 e. The molecule has 12 aromatic rings. The molecular weight excluding hydrogens is 659 g/mol. The van der Waals surface area contributed by atoms with Crippen LogP contribution in [0.3, 0.4) is 0 Å². The first-order valence-corrected chi connectivity index (χ1v) is 18.3. The van der Waals surface area contributed by atoms with Gasteiger partial charge in [-0.25, -0.2) is 15.0 Å². The Kier molecular flexibility index (Phi) is 5.99. The van der Waals surface area contributed by atoms with Gasteiger partial charge in [0.2, 0.25) is 0 Å². The maximum Gasteiger partial charge on any atom is 0.166 e. The summed E-state index contributed by atoms with van der Waals surface area (Å²) in [6.45, 7) is 0. The Hall–Kier alpha value is -7.37. The maximum atomic E-state index is 5.27. The van der Waals surface area contributed by atoms with Gasteiger partial charge in [-0.3, -0.25) is 0 Å². The molecule has 0 amide bonds. The zero-order valence-corrected chi connectivity index (χ0v) is 29.0. The molecule has 0 aliphatic rings. The van der Waals surface area contributed by atoms with E-state index in [-0.39, 0.29) is 0 Å². The molecule has 250 valence electrons. The van der Waals surface area contributed by atoms with E-state index in [1.165, 1.54) is 48.9 Å². The van der Waals surface area contributed by atoms with Crippen molar-refractivity contribution in [1.82, 2.24) is 23.9 Å². The van der Waals surface area contributed by atoms with Crippen LogP contribution in [0.1, 0.15) is 0 Å². The third kappa shape index (κ3) is 4.01. The number of benzene rings is 8. The van der Waals surface area contributed by atoms with Crippen LogP contribution in [0.5, 0.6) is 0 Å². The molecule has 5 nitrogen and oxygen atoms in total. The van der Waals surface area contributed by atoms with Gasteiger partial charge in [-0.05, 0) is 40.4 Å². The third-order valence-corrected chi connectivity index (χ3v) is 11.1. The van der Waals surface area contributed by atoms with E-state index in [1.54, 1.807) is 0 Å². The van der Waals surface area contributed by atoms with E-state index in [1.807, 2.05) is 36.4 Å². The quantitative estimate of drug-likeness (QED) is 0.185. The fourth-order valence-corrected chi connectivity index (χ4v) is 8.80. The zero-order chi connectivity index (χ0) is 35.3. The number of aromatic nitrogens is 5. The van der Waals surface area contributed by atoms with Gasteiger partial charge in [-0.15, -0.1) is 0 Å². The Morgan fingerprint density at radius 2 is 0.889 bits per heavy atom. The molecule has 8 aromatic carbocycles. The molecule has 5 heteroatoms. The van der Waals surface area contributed by atoms with Crippen LogP contribution in [0, 0.1) is 0 Å². The Bertz CT molecular complexity index is 3370. The fraction of sp³-hybridized carbons (Fsp3) is 0. The number of para-hydroxylation sites is 2. The summed E-state index contributed by atoms with van der Waals surface area (Å²) < 4.78 is 4.99. The van der Waals surface area contributed by atoms with Crippen molar-refractivity contribution in [3.63, 3.8) is 0 Å². The lowest BCUT2D eigenvalue weighted by atomic mass is 10.00. The van der Waals surface area contributed by atoms with Crippen molar-refractivity contribution in [1.29, 1.82) is 0 Å². The van der Waals surface area contributed by atoms with Gasteiger partial charge < -0.3 is 8.97 Å². The van der Waals surface area contributed by atoms with E-state index in [2.05, 4.69) is 148 Å². The van der Waals surface area contributed by atoms with Crippen molar-refractivity contribution in [3.05, 3.63) is 176 Å². The average molecular weight is 688 g/mol. The van der Waals surface area contributed by atoms with Crippen LogP contribution in [-0.2, 0) is 0 Å². The van der Waals surface area contributed by atoms with Gasteiger partial charge in [0.15, 0.2) is 17.5 Å². The summed E-state index contributed by atoms with van der Waals surface area (Å²) >= 11 is 0. The summed E-state index contributed by atoms with van der Waals surface area (Å²) in [5, 5.41) is 9.69. The number of fused-ring (bicyclic) bond motifs is 7. The Morgan fingerprint density at radius 1 is 0.333 bits per heavy atom. The predicted octanol–water partition coefficient (Wildman–Crippen LogP) is 12.3. The second-order valence-electron chi connectivity index (χ2n) is 14.0. The molecule has 0 N–H and O–H groups in total. The Balaban J connectivity index is 1.30. The van der Waals surface area contributed by atoms with E-state index < -0.39 is 0 Å². The summed E-state index contributed by atoms with van der Waals surface area (Å²) in [7, 11) is 0. The van der Waals surface area contributed by atoms with Gasteiger partial charge in [0.25, 0.3) is 0 Å². The molecule has 0 radical (unpaired) electrons. The number of rotatable bonds is 4. The molecular formula is C49H29N5. The molecule has 12 rings (SSSR count). The van der Waals surface area contributed by atoms with Crippen LogP contribution in [-0.4, -0.2) is 23.9 Å². The Labute approximate surface area is 309 Å². The SMILES string of the molecule is c1ccc(-c2nc(-c3ccccc3)nc(-c3ccc4ccccc4c3-n3c4ccc5cccc6c7ccccc7n7c8ccccc8c3c7c4c56)n2)cc1. The third-order valence-electron chi connectivity index (χ3n) is 11.1. The van der Waals surface area contributed by atoms with Crippen LogP contribution in [0.4, 0.5) is 0 Å². The molecule has 0 aliphatic carbocycles. The van der Waals surface area contributed by atoms with Crippen LogP contribution in [0.25, 0.3) is 111 Å². The first kappa shape index (κ1) is 29.2. The summed E-state index contributed by atoms with van der Waals surface area (Å²) in [5.74, 6) is 1.90. The average Bonchev–Trinajstić information content (AvgIpc) is 3.71. The normalized spacial score (nSPS) is 12.1. The van der Waals surface area contributed by atoms with Crippen LogP contribution in [0.2, 0.25) is 0 Å². The van der Waals surface area contributed by atoms with E-state index >= 15 is 0 Å². The van der Waals surface area contributed by atoms with Crippen LogP contribution in [0.15, 0.2) is 176 Å². The summed E-state index contributed by atoms with van der Waals surface area (Å²) in [4.78, 5) is 15.6. The minimum Gasteiger partial charge on any atom is -0.306 e. The van der Waals surface area contributed by atoms with Gasteiger partial charge in [0.05, 0.1) is 33.3 Å². The van der Waals surface area contributed by atoms with E-state index in [0.29, 0.717) is 17.5 Å². The molecule has 0 fully saturated rings. The molecule has 0 unspecified atom stereocenters. The lowest BCUT2D eigenvalue weighted by Crippen LogP contribution is -2.04. The smallest absolute Gasteiger partial charge is 0.166 e. The first-order chi connectivity index (χ1) is 26.8. The van der Waals surface area contributed by atoms with Crippen molar-refractivity contribution >= 4 is 70.7 Å². The molecule has 4 aromatic heterocycles. The van der Waals surface area contributed by atoms with Crippen molar-refractivity contribution in [2.75, 3.05) is 0 Å². The van der Waals surface area contributed by atoms with Gasteiger partial charge in [-0.1, -0.05) is 152 Å². The zero-order valence-electron chi connectivity index (χ0n) is 29.0. The Morgan fingerprint density at radius 3 is 1.63 bits per heavy atom. The van der Waals surface area contributed by atoms with E-state index in [0.717, 1.165) is 44.2 Å². The van der Waals surface area contributed by atoms with Gasteiger partial charge >= 0.3 is 0 Å². The highest BCUT2D eigenvalue weighted by Gasteiger charge is 2.27. The molecule has 0 spiro atoms. The lowest BCUT2D eigenvalue weighted by Gasteiger charge is -2.17. The molecule has 0 saturated heterocycles. The molecule has 0 bridgehead atoms. The van der Waals surface area contributed by atoms with Gasteiger partial charge in [0, 0.05) is 43.6 Å². The minimum atomic E-state index is 0.626. The van der Waals surface area contributed by atoms with Crippen molar-refractivity contribution in [3.8, 4) is 39.9 Å². The molecule has 54 heavy (non-hydrogen) atoms. The van der Waals surface area contributed by atoms with E-state index in [9.17, 15) is 0 Å². The number of nitrogens with zero attached hydrogens (tertiary/aromatic N) is 5. The summed E-state index contributed by atoms with van der Waals surface area (Å²) in [6.07, 6.45) is 0. The standard InChI is InChI=1S/C49H29N5/c1-3-15-32(16-4-1)47-50-48(33-17-5-2-6-18-33)52-49(51-47)38-28-26-30-14-7-8-20-34(30)44(38)54-41-29-27-31-19-13-23-36-35-21-9-11-24-39(35)53-40-25-12-10-22-37(40)45(54)46(53)43(41)42(31)36/h1-29H. The molecule has 0 aliphatic heterocycles. The topological polar surface area (TPSA) is 48.0 Å². The fourth-order valence-electron chi connectivity index (χ4n) is 8.80. The highest BCUT2D eigenvalue weighted by atomic mass is 15.1. The van der Waals surface area contributed by atoms with E-state index in [4.69, 9.17) is 15.0 Å². The molecule has 0 saturated carbocycles.